The van der Waals surface area contributed by atoms with Crippen LogP contribution in [0, 0.1) is 0 Å². The highest BCUT2D eigenvalue weighted by Crippen LogP contribution is 2.31. The molecule has 3 N–H and O–H groups in total. The second-order valence-electron chi connectivity index (χ2n) is 4.36. The highest BCUT2D eigenvalue weighted by atomic mass is 16.5. The second-order valence-corrected chi connectivity index (χ2v) is 4.36. The molecule has 0 radical (unpaired) electrons. The summed E-state index contributed by atoms with van der Waals surface area (Å²) in [4.78, 5) is 33.3. The van der Waals surface area contributed by atoms with E-state index in [0.717, 1.165) is 11.6 Å². The molecular formula is C14H14N2O5. The zero-order valence-corrected chi connectivity index (χ0v) is 11.0. The lowest BCUT2D eigenvalue weighted by molar-refractivity contribution is -0.131. The van der Waals surface area contributed by atoms with Crippen LogP contribution in [0.15, 0.2) is 36.4 Å². The van der Waals surface area contributed by atoms with Gasteiger partial charge >= 0.3 is 12.0 Å². The zero-order chi connectivity index (χ0) is 15.2. The van der Waals surface area contributed by atoms with Crippen LogP contribution in [0.2, 0.25) is 0 Å². The van der Waals surface area contributed by atoms with Gasteiger partial charge < -0.3 is 15.2 Å². The number of para-hydroxylation sites is 1. The number of fused-ring (bicyclic) bond motifs is 1. The largest absolute Gasteiger partial charge is 0.493 e. The molecule has 1 aliphatic heterocycles. The van der Waals surface area contributed by atoms with Crippen molar-refractivity contribution in [2.24, 2.45) is 0 Å². The molecule has 2 rings (SSSR count). The molecule has 1 aliphatic rings. The van der Waals surface area contributed by atoms with Gasteiger partial charge in [0.05, 0.1) is 12.6 Å². The van der Waals surface area contributed by atoms with E-state index in [2.05, 4.69) is 5.32 Å². The first kappa shape index (κ1) is 14.6. The Balaban J connectivity index is 1.95. The Hall–Kier alpha value is -2.83. The van der Waals surface area contributed by atoms with Gasteiger partial charge in [0.1, 0.15) is 5.75 Å². The first-order chi connectivity index (χ1) is 10.1. The van der Waals surface area contributed by atoms with Crippen LogP contribution >= 0.6 is 0 Å². The number of carbonyl (C=O) groups excluding carboxylic acids is 2. The number of carboxylic acid groups (broad SMARTS) is 1. The van der Waals surface area contributed by atoms with Gasteiger partial charge in [0.2, 0.25) is 0 Å². The van der Waals surface area contributed by atoms with E-state index in [4.69, 9.17) is 9.84 Å². The topological polar surface area (TPSA) is 105 Å². The Labute approximate surface area is 120 Å². The Kier molecular flexibility index (Phi) is 4.55. The monoisotopic (exact) mass is 290 g/mol. The average Bonchev–Trinajstić information content (AvgIpc) is 2.45. The molecule has 3 amide bonds. The number of rotatable bonds is 3. The number of urea groups is 1. The smallest absolute Gasteiger partial charge is 0.328 e. The molecule has 110 valence electrons. The number of imide groups is 1. The molecule has 1 heterocycles. The first-order valence-corrected chi connectivity index (χ1v) is 6.30. The van der Waals surface area contributed by atoms with E-state index in [9.17, 15) is 14.4 Å². The van der Waals surface area contributed by atoms with E-state index in [1.165, 1.54) is 0 Å². The number of hydrogen-bond donors (Lipinski definition) is 3. The lowest BCUT2D eigenvalue weighted by Gasteiger charge is -2.26. The van der Waals surface area contributed by atoms with Gasteiger partial charge in [-0.1, -0.05) is 18.2 Å². The molecule has 21 heavy (non-hydrogen) atoms. The van der Waals surface area contributed by atoms with E-state index in [-0.39, 0.29) is 6.04 Å². The number of hydrogen-bond acceptors (Lipinski definition) is 4. The summed E-state index contributed by atoms with van der Waals surface area (Å²) in [6.07, 6.45) is 2.02. The SMILES string of the molecule is O=C(O)C=CC(=O)NC(=O)NC1CCOc2ccccc21. The lowest BCUT2D eigenvalue weighted by atomic mass is 10.0. The summed E-state index contributed by atoms with van der Waals surface area (Å²) in [5.41, 5.74) is 0.840. The van der Waals surface area contributed by atoms with Crippen LogP contribution < -0.4 is 15.4 Å². The Morgan fingerprint density at radius 3 is 2.76 bits per heavy atom. The van der Waals surface area contributed by atoms with Crippen molar-refractivity contribution >= 4 is 17.9 Å². The molecule has 0 saturated carbocycles. The van der Waals surface area contributed by atoms with Crippen molar-refractivity contribution in [3.63, 3.8) is 0 Å². The minimum atomic E-state index is -1.26. The minimum Gasteiger partial charge on any atom is -0.493 e. The fourth-order valence-electron chi connectivity index (χ4n) is 1.99. The zero-order valence-electron chi connectivity index (χ0n) is 11.0. The molecular weight excluding hydrogens is 276 g/mol. The van der Waals surface area contributed by atoms with E-state index in [0.29, 0.717) is 24.9 Å². The number of amides is 3. The minimum absolute atomic E-state index is 0.258. The number of carboxylic acids is 1. The van der Waals surface area contributed by atoms with Crippen molar-refractivity contribution in [1.82, 2.24) is 10.6 Å². The molecule has 0 aliphatic carbocycles. The van der Waals surface area contributed by atoms with Gasteiger partial charge in [-0.15, -0.1) is 0 Å². The molecule has 0 fully saturated rings. The van der Waals surface area contributed by atoms with Crippen molar-refractivity contribution in [3.8, 4) is 5.75 Å². The van der Waals surface area contributed by atoms with Gasteiger partial charge in [0, 0.05) is 24.1 Å². The summed E-state index contributed by atoms with van der Waals surface area (Å²) < 4.78 is 5.47. The number of carbonyl (C=O) groups is 3. The molecule has 7 heteroatoms. The predicted molar refractivity (Wildman–Crippen MR) is 72.7 cm³/mol. The van der Waals surface area contributed by atoms with Gasteiger partial charge in [-0.05, 0) is 6.07 Å². The van der Waals surface area contributed by atoms with E-state index < -0.39 is 17.9 Å². The van der Waals surface area contributed by atoms with Crippen LogP contribution in [0.1, 0.15) is 18.0 Å². The number of ether oxygens (including phenoxy) is 1. The molecule has 1 aromatic rings. The summed E-state index contributed by atoms with van der Waals surface area (Å²) >= 11 is 0. The summed E-state index contributed by atoms with van der Waals surface area (Å²) in [5, 5.41) is 13.1. The normalized spacial score (nSPS) is 16.7. The Bertz CT molecular complexity index is 597. The quantitative estimate of drug-likeness (QED) is 0.720. The fraction of sp³-hybridized carbons (Fsp3) is 0.214. The molecule has 0 aromatic heterocycles. The summed E-state index contributed by atoms with van der Waals surface area (Å²) in [6, 6.07) is 6.37. The third kappa shape index (κ3) is 4.07. The summed E-state index contributed by atoms with van der Waals surface area (Å²) in [7, 11) is 0. The molecule has 1 aromatic carbocycles. The van der Waals surface area contributed by atoms with E-state index >= 15 is 0 Å². The molecule has 1 unspecified atom stereocenters. The van der Waals surface area contributed by atoms with Crippen LogP contribution in [-0.2, 0) is 9.59 Å². The molecule has 0 saturated heterocycles. The van der Waals surface area contributed by atoms with Gasteiger partial charge in [-0.3, -0.25) is 10.1 Å². The lowest BCUT2D eigenvalue weighted by Crippen LogP contribution is -2.41. The van der Waals surface area contributed by atoms with Gasteiger partial charge in [0.15, 0.2) is 0 Å². The third-order valence-electron chi connectivity index (χ3n) is 2.88. The highest BCUT2D eigenvalue weighted by Gasteiger charge is 2.22. The Morgan fingerprint density at radius 2 is 2.00 bits per heavy atom. The van der Waals surface area contributed by atoms with Gasteiger partial charge in [-0.25, -0.2) is 9.59 Å². The van der Waals surface area contributed by atoms with Crippen LogP contribution in [0.4, 0.5) is 4.79 Å². The number of benzene rings is 1. The Morgan fingerprint density at radius 1 is 1.24 bits per heavy atom. The van der Waals surface area contributed by atoms with Crippen LogP contribution in [0.25, 0.3) is 0 Å². The fourth-order valence-corrected chi connectivity index (χ4v) is 1.99. The van der Waals surface area contributed by atoms with Gasteiger partial charge in [-0.2, -0.15) is 0 Å². The molecule has 7 nitrogen and oxygen atoms in total. The van der Waals surface area contributed by atoms with Crippen molar-refractivity contribution < 1.29 is 24.2 Å². The predicted octanol–water partition coefficient (Wildman–Crippen LogP) is 0.977. The number of nitrogens with one attached hydrogen (secondary N) is 2. The van der Waals surface area contributed by atoms with Crippen molar-refractivity contribution in [2.45, 2.75) is 12.5 Å². The van der Waals surface area contributed by atoms with Crippen LogP contribution in [-0.4, -0.2) is 29.6 Å². The molecule has 0 bridgehead atoms. The van der Waals surface area contributed by atoms with Crippen LogP contribution in [0.5, 0.6) is 5.75 Å². The maximum Gasteiger partial charge on any atom is 0.328 e. The molecule has 1 atom stereocenters. The highest BCUT2D eigenvalue weighted by molar-refractivity contribution is 6.02. The first-order valence-electron chi connectivity index (χ1n) is 6.30. The van der Waals surface area contributed by atoms with Crippen molar-refractivity contribution in [2.75, 3.05) is 6.61 Å². The summed E-state index contributed by atoms with van der Waals surface area (Å²) in [5.74, 6) is -1.36. The van der Waals surface area contributed by atoms with E-state index in [1.54, 1.807) is 0 Å². The maximum atomic E-state index is 11.7. The maximum absolute atomic E-state index is 11.7. The second kappa shape index (κ2) is 6.56. The summed E-state index contributed by atoms with van der Waals surface area (Å²) in [6.45, 7) is 0.467. The standard InChI is InChI=1S/C14H14N2O5/c17-12(5-6-13(18)19)16-14(20)15-10-7-8-21-11-4-2-1-3-9(10)11/h1-6,10H,7-8H2,(H,18,19)(H2,15,16,17,20). The van der Waals surface area contributed by atoms with Crippen molar-refractivity contribution in [1.29, 1.82) is 0 Å². The van der Waals surface area contributed by atoms with Gasteiger partial charge in [0.25, 0.3) is 5.91 Å². The van der Waals surface area contributed by atoms with Crippen LogP contribution in [0.3, 0.4) is 0 Å². The third-order valence-corrected chi connectivity index (χ3v) is 2.88. The van der Waals surface area contributed by atoms with E-state index in [1.807, 2.05) is 29.6 Å². The average molecular weight is 290 g/mol. The van der Waals surface area contributed by atoms with Crippen molar-refractivity contribution in [3.05, 3.63) is 42.0 Å². The number of aliphatic carboxylic acids is 1. The molecule has 0 spiro atoms.